The summed E-state index contributed by atoms with van der Waals surface area (Å²) in [4.78, 5) is 4.49. The van der Waals surface area contributed by atoms with Crippen molar-refractivity contribution in [2.75, 3.05) is 38.0 Å². The number of hydrogen-bond acceptors (Lipinski definition) is 2. The van der Waals surface area contributed by atoms with E-state index in [1.165, 1.54) is 34.5 Å². The molecule has 0 amide bonds. The third-order valence-electron chi connectivity index (χ3n) is 5.09. The first kappa shape index (κ1) is 22.3. The third-order valence-corrected chi connectivity index (χ3v) is 8.78. The average Bonchev–Trinajstić information content (AvgIpc) is 3.21. The molecule has 2 aliphatic rings. The van der Waals surface area contributed by atoms with Crippen molar-refractivity contribution >= 4 is 14.6 Å². The molecule has 2 aliphatic carbocycles. The van der Waals surface area contributed by atoms with Crippen LogP contribution in [0.2, 0.25) is 0 Å². The van der Waals surface area contributed by atoms with Crippen molar-refractivity contribution in [2.24, 2.45) is 0 Å². The zero-order chi connectivity index (χ0) is 17.6. The second-order valence-electron chi connectivity index (χ2n) is 7.24. The number of fused-ring (bicyclic) bond motifs is 3. The Kier molecular flexibility index (Phi) is 7.42. The Bertz CT molecular complexity index is 901. The van der Waals surface area contributed by atoms with Crippen LogP contribution in [0.5, 0.6) is 0 Å². The molecule has 140 valence electrons. The van der Waals surface area contributed by atoms with Crippen LogP contribution >= 0.6 is 0 Å². The molecule has 0 fully saturated rings. The van der Waals surface area contributed by atoms with Crippen LogP contribution in [0.4, 0.5) is 11.4 Å². The molecule has 2 nitrogen and oxygen atoms in total. The minimum absolute atomic E-state index is 0. The summed E-state index contributed by atoms with van der Waals surface area (Å²) < 4.78 is 3.36. The molecule has 0 heterocycles. The number of halogens is 2. The molecule has 27 heavy (non-hydrogen) atoms. The Labute approximate surface area is 186 Å². The normalized spacial score (nSPS) is 13.0. The van der Waals surface area contributed by atoms with Crippen molar-refractivity contribution < 1.29 is 48.0 Å². The van der Waals surface area contributed by atoms with Gasteiger partial charge in [-0.3, -0.25) is 0 Å². The number of allylic oxidation sites excluding steroid dienone is 4. The Hall–Kier alpha value is -1.02. The second kappa shape index (κ2) is 8.99. The summed E-state index contributed by atoms with van der Waals surface area (Å²) in [5, 5.41) is 0. The molecule has 5 heteroatoms. The van der Waals surface area contributed by atoms with Gasteiger partial charge >= 0.3 is 163 Å². The molecular weight excluding hydrogens is 454 g/mol. The molecule has 0 radical (unpaired) electrons. The molecule has 0 spiro atoms. The quantitative estimate of drug-likeness (QED) is 0.426. The zero-order valence-corrected chi connectivity index (χ0v) is 20.2. The van der Waals surface area contributed by atoms with Crippen LogP contribution < -0.4 is 37.9 Å². The molecule has 0 N–H and O–H groups in total. The fraction of sp³-hybridized carbons (Fsp3) is 0.273. The Morgan fingerprint density at radius 2 is 1.63 bits per heavy atom. The minimum atomic E-state index is -0.752. The summed E-state index contributed by atoms with van der Waals surface area (Å²) >= 11 is -0.752. The fourth-order valence-electron chi connectivity index (χ4n) is 3.74. The van der Waals surface area contributed by atoms with E-state index < -0.39 is 23.2 Å². The van der Waals surface area contributed by atoms with E-state index in [-0.39, 0.29) is 24.8 Å². The molecule has 2 aromatic rings. The largest absolute Gasteiger partial charge is 1.00 e. The molecule has 4 rings (SSSR count). The smallest absolute Gasteiger partial charge is 1.00 e. The number of hydrogen-bond donors (Lipinski definition) is 0. The van der Waals surface area contributed by atoms with E-state index in [0.29, 0.717) is 0 Å². The van der Waals surface area contributed by atoms with Gasteiger partial charge in [-0.1, -0.05) is 0 Å². The first-order valence-corrected chi connectivity index (χ1v) is 11.3. The van der Waals surface area contributed by atoms with Crippen LogP contribution in [-0.2, 0) is 29.7 Å². The third kappa shape index (κ3) is 4.21. The SMILES string of the molecule is CN(C)c1ccc2c(c1)Cc1c-2ccc(N(C)C)[c]1[Zr+2][C]1=CC=CC1.[Cl-].[Cl-]. The Morgan fingerprint density at radius 3 is 2.26 bits per heavy atom. The molecule has 0 atom stereocenters. The van der Waals surface area contributed by atoms with E-state index in [2.05, 4.69) is 86.6 Å². The summed E-state index contributed by atoms with van der Waals surface area (Å²) in [5.41, 5.74) is 8.70. The van der Waals surface area contributed by atoms with Gasteiger partial charge in [0.15, 0.2) is 0 Å². The van der Waals surface area contributed by atoms with Crippen LogP contribution in [0.3, 0.4) is 0 Å². The van der Waals surface area contributed by atoms with Gasteiger partial charge < -0.3 is 24.8 Å². The van der Waals surface area contributed by atoms with Gasteiger partial charge in [0.25, 0.3) is 0 Å². The van der Waals surface area contributed by atoms with Gasteiger partial charge in [-0.2, -0.15) is 0 Å². The predicted molar refractivity (Wildman–Crippen MR) is 105 cm³/mol. The zero-order valence-electron chi connectivity index (χ0n) is 16.2. The average molecular weight is 479 g/mol. The molecule has 0 saturated carbocycles. The Morgan fingerprint density at radius 1 is 0.889 bits per heavy atom. The maximum Gasteiger partial charge on any atom is -1.00 e. The summed E-state index contributed by atoms with van der Waals surface area (Å²) in [6.45, 7) is 0. The van der Waals surface area contributed by atoms with Crippen molar-refractivity contribution in [1.29, 1.82) is 0 Å². The van der Waals surface area contributed by atoms with Gasteiger partial charge in [-0.15, -0.1) is 0 Å². The van der Waals surface area contributed by atoms with E-state index in [9.17, 15) is 0 Å². The second-order valence-corrected chi connectivity index (χ2v) is 10.7. The molecule has 0 unspecified atom stereocenters. The first-order valence-electron chi connectivity index (χ1n) is 8.81. The molecule has 2 aromatic carbocycles. The topological polar surface area (TPSA) is 6.48 Å². The van der Waals surface area contributed by atoms with Crippen molar-refractivity contribution in [3.8, 4) is 11.1 Å². The van der Waals surface area contributed by atoms with Crippen molar-refractivity contribution in [1.82, 2.24) is 0 Å². The van der Waals surface area contributed by atoms with Gasteiger partial charge in [-0.05, 0) is 0 Å². The maximum atomic E-state index is 2.37. The van der Waals surface area contributed by atoms with Gasteiger partial charge in [-0.25, -0.2) is 0 Å². The number of rotatable bonds is 4. The van der Waals surface area contributed by atoms with Crippen molar-refractivity contribution in [3.63, 3.8) is 0 Å². The van der Waals surface area contributed by atoms with Crippen LogP contribution in [0.15, 0.2) is 51.8 Å². The monoisotopic (exact) mass is 476 g/mol. The summed E-state index contributed by atoms with van der Waals surface area (Å²) in [6.07, 6.45) is 9.14. The first-order chi connectivity index (χ1) is 12.0. The summed E-state index contributed by atoms with van der Waals surface area (Å²) in [7, 11) is 8.59. The van der Waals surface area contributed by atoms with Crippen LogP contribution in [-0.4, -0.2) is 28.2 Å². The van der Waals surface area contributed by atoms with E-state index in [1.807, 2.05) is 0 Å². The summed E-state index contributed by atoms with van der Waals surface area (Å²) in [5.74, 6) is 0. The van der Waals surface area contributed by atoms with Gasteiger partial charge in [0.2, 0.25) is 0 Å². The summed E-state index contributed by atoms with van der Waals surface area (Å²) in [6, 6.07) is 11.6. The predicted octanol–water partition coefficient (Wildman–Crippen LogP) is -2.05. The molecular formula is C22H24Cl2N2Zr. The van der Waals surface area contributed by atoms with E-state index in [1.54, 1.807) is 12.1 Å². The van der Waals surface area contributed by atoms with Crippen LogP contribution in [0, 0.1) is 0 Å². The number of nitrogens with zero attached hydrogens (tertiary/aromatic N) is 2. The van der Waals surface area contributed by atoms with E-state index in [0.717, 1.165) is 6.42 Å². The number of anilines is 2. The molecule has 0 aliphatic heterocycles. The molecule has 0 saturated heterocycles. The van der Waals surface area contributed by atoms with Crippen molar-refractivity contribution in [2.45, 2.75) is 12.8 Å². The standard InChI is InChI=1S/C17H19N2.C5H5.2ClH.Zr/c1-18(2)14-5-7-16-12(10-14)9-13-11-15(19(3)4)6-8-17(13)16;1-2-4-5-3-1;;;/h5-8,10H,9H2,1-4H3;1-3H,4H2;2*1H;/q;;;;+2/p-2. The Balaban J connectivity index is 0.00000131. The van der Waals surface area contributed by atoms with Crippen LogP contribution in [0.1, 0.15) is 17.5 Å². The molecule has 0 bridgehead atoms. The van der Waals surface area contributed by atoms with Gasteiger partial charge in [0, 0.05) is 0 Å². The fourth-order valence-corrected chi connectivity index (χ4v) is 7.50. The molecule has 0 aromatic heterocycles. The van der Waals surface area contributed by atoms with Gasteiger partial charge in [0.1, 0.15) is 0 Å². The van der Waals surface area contributed by atoms with E-state index in [4.69, 9.17) is 0 Å². The van der Waals surface area contributed by atoms with Crippen LogP contribution in [0.25, 0.3) is 11.1 Å². The van der Waals surface area contributed by atoms with Crippen molar-refractivity contribution in [3.05, 3.63) is 63.0 Å². The maximum absolute atomic E-state index is 2.37. The number of benzene rings is 2. The van der Waals surface area contributed by atoms with E-state index >= 15 is 0 Å². The minimum Gasteiger partial charge on any atom is -1.00 e. The van der Waals surface area contributed by atoms with Gasteiger partial charge in [0.05, 0.1) is 0 Å².